The Bertz CT molecular complexity index is 665. The summed E-state index contributed by atoms with van der Waals surface area (Å²) in [7, 11) is 0. The Morgan fingerprint density at radius 1 is 1.55 bits per heavy atom. The number of hydrogen-bond donors (Lipinski definition) is 3. The van der Waals surface area contributed by atoms with Crippen LogP contribution in [0.1, 0.15) is 12.6 Å². The molecule has 3 heterocycles. The number of aromatic nitrogens is 3. The summed E-state index contributed by atoms with van der Waals surface area (Å²) >= 11 is 8.22. The van der Waals surface area contributed by atoms with Crippen LogP contribution in [0.3, 0.4) is 0 Å². The van der Waals surface area contributed by atoms with Crippen LogP contribution in [-0.4, -0.2) is 43.6 Å². The number of nitrogens with zero attached hydrogens (tertiary/aromatic N) is 3. The van der Waals surface area contributed by atoms with Crippen LogP contribution in [0.25, 0.3) is 11.0 Å². The topological polar surface area (TPSA) is 106 Å². The van der Waals surface area contributed by atoms with E-state index in [0.717, 1.165) is 3.57 Å². The molecule has 4 N–H and O–H groups in total. The molecule has 1 fully saturated rings. The van der Waals surface area contributed by atoms with Gasteiger partial charge in [-0.25, -0.2) is 4.98 Å². The number of aliphatic hydroxyl groups is 2. The van der Waals surface area contributed by atoms with E-state index in [2.05, 4.69) is 32.6 Å². The smallest absolute Gasteiger partial charge is 0.223 e. The van der Waals surface area contributed by atoms with Gasteiger partial charge < -0.3 is 25.3 Å². The second kappa shape index (κ2) is 5.26. The average molecular weight is 411 g/mol. The third-order valence-corrected chi connectivity index (χ3v) is 4.38. The fraction of sp³-hybridized carbons (Fsp3) is 0.455. The van der Waals surface area contributed by atoms with Crippen LogP contribution in [0.4, 0.5) is 5.95 Å². The molecule has 3 rings (SSSR count). The van der Waals surface area contributed by atoms with Gasteiger partial charge in [0.1, 0.15) is 23.1 Å². The molecule has 1 saturated heterocycles. The van der Waals surface area contributed by atoms with Crippen molar-refractivity contribution in [2.45, 2.75) is 24.9 Å². The van der Waals surface area contributed by atoms with Crippen LogP contribution in [0.5, 0.6) is 0 Å². The molecule has 0 spiro atoms. The lowest BCUT2D eigenvalue weighted by atomic mass is 10.2. The molecular weight excluding hydrogens is 399 g/mol. The first-order valence-electron chi connectivity index (χ1n) is 5.94. The lowest BCUT2D eigenvalue weighted by Crippen LogP contribution is -2.24. The van der Waals surface area contributed by atoms with Crippen LogP contribution in [0.15, 0.2) is 6.20 Å². The summed E-state index contributed by atoms with van der Waals surface area (Å²) in [5, 5.41) is 20.0. The second-order valence-corrected chi connectivity index (χ2v) is 6.09. The molecule has 7 nitrogen and oxygen atoms in total. The van der Waals surface area contributed by atoms with Crippen LogP contribution in [-0.2, 0) is 4.74 Å². The zero-order valence-corrected chi connectivity index (χ0v) is 13.1. The summed E-state index contributed by atoms with van der Waals surface area (Å²) in [5.41, 5.74) is 6.19. The molecule has 1 aliphatic rings. The van der Waals surface area contributed by atoms with E-state index in [4.69, 9.17) is 27.2 Å². The highest BCUT2D eigenvalue weighted by atomic mass is 127. The molecule has 0 aromatic carbocycles. The van der Waals surface area contributed by atoms with Crippen LogP contribution in [0.2, 0.25) is 5.15 Å². The first-order chi connectivity index (χ1) is 9.51. The van der Waals surface area contributed by atoms with Crippen molar-refractivity contribution in [1.29, 1.82) is 0 Å². The van der Waals surface area contributed by atoms with Crippen molar-refractivity contribution in [3.05, 3.63) is 14.9 Å². The van der Waals surface area contributed by atoms with Gasteiger partial charge in [0, 0.05) is 16.2 Å². The second-order valence-electron chi connectivity index (χ2n) is 4.57. The number of aliphatic hydroxyl groups excluding tert-OH is 2. The van der Waals surface area contributed by atoms with Gasteiger partial charge in [0.15, 0.2) is 0 Å². The molecule has 2 aromatic rings. The Morgan fingerprint density at radius 3 is 2.95 bits per heavy atom. The summed E-state index contributed by atoms with van der Waals surface area (Å²) in [6.45, 7) is -0.230. The highest BCUT2D eigenvalue weighted by Gasteiger charge is 2.35. The van der Waals surface area contributed by atoms with Gasteiger partial charge >= 0.3 is 0 Å². The number of fused-ring (bicyclic) bond motifs is 1. The minimum Gasteiger partial charge on any atom is -0.394 e. The summed E-state index contributed by atoms with van der Waals surface area (Å²) in [4.78, 5) is 8.13. The number of nitrogen functional groups attached to an aromatic ring is 1. The quantitative estimate of drug-likeness (QED) is 0.502. The van der Waals surface area contributed by atoms with Gasteiger partial charge in [-0.15, -0.1) is 0 Å². The highest BCUT2D eigenvalue weighted by Crippen LogP contribution is 2.35. The standard InChI is InChI=1S/C11H12ClIN4O3/c12-9-8-4(13)2-17(10(8)16-11(14)15-9)7-1-5(19)6(3-18)20-7/h2,5-7,18-19H,1,3H2,(H2,14,15,16)/t5-,6-,7-/m1/s1. The molecule has 0 bridgehead atoms. The lowest BCUT2D eigenvalue weighted by molar-refractivity contribution is -0.0430. The SMILES string of the molecule is Nc1nc(Cl)c2c(I)cn([C@H]3C[C@@H](O)[C@@H](CO)O3)c2n1. The normalized spacial score (nSPS) is 26.5. The summed E-state index contributed by atoms with van der Waals surface area (Å²) in [5.74, 6) is 0.0792. The van der Waals surface area contributed by atoms with E-state index in [0.29, 0.717) is 17.5 Å². The first-order valence-corrected chi connectivity index (χ1v) is 7.40. The molecule has 0 radical (unpaired) electrons. The summed E-state index contributed by atoms with van der Waals surface area (Å²) < 4.78 is 8.26. The Hall–Kier alpha value is -0.680. The van der Waals surface area contributed by atoms with Crippen molar-refractivity contribution in [1.82, 2.24) is 14.5 Å². The third-order valence-electron chi connectivity index (χ3n) is 3.29. The molecule has 1 aliphatic heterocycles. The third kappa shape index (κ3) is 2.25. The van der Waals surface area contributed by atoms with Gasteiger partial charge in [-0.3, -0.25) is 0 Å². The Morgan fingerprint density at radius 2 is 2.30 bits per heavy atom. The predicted octanol–water partition coefficient (Wildman–Crippen LogP) is 0.912. The molecule has 108 valence electrons. The number of anilines is 1. The zero-order valence-electron chi connectivity index (χ0n) is 10.2. The molecule has 0 unspecified atom stereocenters. The van der Waals surface area contributed by atoms with Gasteiger partial charge in [0.25, 0.3) is 0 Å². The van der Waals surface area contributed by atoms with E-state index in [9.17, 15) is 5.11 Å². The van der Waals surface area contributed by atoms with Crippen LogP contribution < -0.4 is 5.73 Å². The van der Waals surface area contributed by atoms with Crippen molar-refractivity contribution in [2.24, 2.45) is 0 Å². The van der Waals surface area contributed by atoms with Crippen LogP contribution >= 0.6 is 34.2 Å². The Labute approximate surface area is 132 Å². The number of nitrogens with two attached hydrogens (primary N) is 1. The largest absolute Gasteiger partial charge is 0.394 e. The maximum atomic E-state index is 9.83. The molecule has 0 saturated carbocycles. The maximum Gasteiger partial charge on any atom is 0.223 e. The van der Waals surface area contributed by atoms with Gasteiger partial charge in [0.2, 0.25) is 5.95 Å². The van der Waals surface area contributed by atoms with Crippen molar-refractivity contribution in [2.75, 3.05) is 12.3 Å². The molecule has 0 aliphatic carbocycles. The molecule has 2 aromatic heterocycles. The van der Waals surface area contributed by atoms with E-state index in [-0.39, 0.29) is 17.7 Å². The van der Waals surface area contributed by atoms with Gasteiger partial charge in [-0.1, -0.05) is 11.6 Å². The van der Waals surface area contributed by atoms with E-state index >= 15 is 0 Å². The van der Waals surface area contributed by atoms with Gasteiger partial charge in [0.05, 0.1) is 18.1 Å². The van der Waals surface area contributed by atoms with E-state index in [1.165, 1.54) is 0 Å². The lowest BCUT2D eigenvalue weighted by Gasteiger charge is -2.14. The molecule has 3 atom stereocenters. The van der Waals surface area contributed by atoms with Crippen molar-refractivity contribution < 1.29 is 14.9 Å². The Balaban J connectivity index is 2.09. The van der Waals surface area contributed by atoms with Crippen LogP contribution in [0, 0.1) is 3.57 Å². The average Bonchev–Trinajstić information content (AvgIpc) is 2.90. The minimum atomic E-state index is -0.713. The zero-order chi connectivity index (χ0) is 14.4. The number of hydrogen-bond acceptors (Lipinski definition) is 6. The summed E-state index contributed by atoms with van der Waals surface area (Å²) in [6.07, 6.45) is 0.465. The van der Waals surface area contributed by atoms with E-state index < -0.39 is 18.4 Å². The van der Waals surface area contributed by atoms with Crippen molar-refractivity contribution in [3.63, 3.8) is 0 Å². The van der Waals surface area contributed by atoms with Crippen molar-refractivity contribution >= 4 is 51.2 Å². The number of rotatable bonds is 2. The molecule has 9 heteroatoms. The van der Waals surface area contributed by atoms with E-state index in [1.54, 1.807) is 4.57 Å². The van der Waals surface area contributed by atoms with Gasteiger partial charge in [-0.2, -0.15) is 4.98 Å². The van der Waals surface area contributed by atoms with Crippen molar-refractivity contribution in [3.8, 4) is 0 Å². The fourth-order valence-corrected chi connectivity index (χ4v) is 3.58. The number of ether oxygens (including phenoxy) is 1. The van der Waals surface area contributed by atoms with Gasteiger partial charge in [-0.05, 0) is 22.6 Å². The fourth-order valence-electron chi connectivity index (χ4n) is 2.35. The first kappa shape index (κ1) is 14.3. The Kier molecular flexibility index (Phi) is 3.75. The minimum absolute atomic E-state index is 0.0792. The number of halogens is 2. The highest BCUT2D eigenvalue weighted by molar-refractivity contribution is 14.1. The predicted molar refractivity (Wildman–Crippen MR) is 81.3 cm³/mol. The summed E-state index contributed by atoms with van der Waals surface area (Å²) in [6, 6.07) is 0. The monoisotopic (exact) mass is 410 g/mol. The van der Waals surface area contributed by atoms with E-state index in [1.807, 2.05) is 6.20 Å². The maximum absolute atomic E-state index is 9.83. The molecule has 20 heavy (non-hydrogen) atoms. The molecular formula is C11H12ClIN4O3. The molecule has 0 amide bonds.